The van der Waals surface area contributed by atoms with Crippen molar-refractivity contribution in [1.82, 2.24) is 20.1 Å². The number of hydrogen-bond donors (Lipinski definition) is 2. The minimum Gasteiger partial charge on any atom is -0.378 e. The van der Waals surface area contributed by atoms with Crippen molar-refractivity contribution in [2.75, 3.05) is 52.5 Å². The number of fused-ring (bicyclic) bond motifs is 3. The largest absolute Gasteiger partial charge is 0.378 e. The Morgan fingerprint density at radius 1 is 0.977 bits per heavy atom. The van der Waals surface area contributed by atoms with Crippen LogP contribution in [-0.4, -0.2) is 85.0 Å². The van der Waals surface area contributed by atoms with Crippen LogP contribution in [0.4, 0.5) is 0 Å². The summed E-state index contributed by atoms with van der Waals surface area (Å²) in [5.41, 5.74) is 5.83. The molecule has 0 radical (unpaired) electrons. The number of aromatic amines is 1. The quantitative estimate of drug-likeness (QED) is 0.351. The van der Waals surface area contributed by atoms with Gasteiger partial charge < -0.3 is 24.8 Å². The van der Waals surface area contributed by atoms with Gasteiger partial charge in [0.05, 0.1) is 24.3 Å². The van der Waals surface area contributed by atoms with Crippen molar-refractivity contribution in [3.05, 3.63) is 45.8 Å². The lowest BCUT2D eigenvalue weighted by molar-refractivity contribution is -0.141. The molecule has 0 spiro atoms. The van der Waals surface area contributed by atoms with Gasteiger partial charge in [-0.3, -0.25) is 9.59 Å². The van der Waals surface area contributed by atoms with Crippen LogP contribution in [0.3, 0.4) is 0 Å². The second-order valence-corrected chi connectivity index (χ2v) is 15.4. The third kappa shape index (κ3) is 5.57. The topological polar surface area (TPSA) is 77.7 Å². The molecule has 3 atom stereocenters. The number of ether oxygens (including phenoxy) is 1. The zero-order valence-corrected chi connectivity index (χ0v) is 27.7. The molecule has 2 aromatic heterocycles. The second kappa shape index (κ2) is 12.0. The molecular formula is C36H48N4O3S. The predicted molar refractivity (Wildman–Crippen MR) is 177 cm³/mol. The highest BCUT2D eigenvalue weighted by molar-refractivity contribution is 7.19. The van der Waals surface area contributed by atoms with Gasteiger partial charge in [0.2, 0.25) is 5.91 Å². The van der Waals surface area contributed by atoms with Gasteiger partial charge in [-0.2, -0.15) is 0 Å². The molecule has 5 heterocycles. The van der Waals surface area contributed by atoms with E-state index in [1.54, 1.807) is 11.3 Å². The highest BCUT2D eigenvalue weighted by Gasteiger charge is 2.50. The second-order valence-electron chi connectivity index (χ2n) is 14.4. The maximum atomic E-state index is 14.0. The molecule has 3 aromatic rings. The van der Waals surface area contributed by atoms with Crippen molar-refractivity contribution in [2.45, 2.75) is 71.3 Å². The summed E-state index contributed by atoms with van der Waals surface area (Å²) in [7, 11) is 0. The fraction of sp³-hybridized carbons (Fsp3) is 0.611. The average molecular weight is 617 g/mol. The maximum absolute atomic E-state index is 14.0. The van der Waals surface area contributed by atoms with Crippen LogP contribution < -0.4 is 5.32 Å². The summed E-state index contributed by atoms with van der Waals surface area (Å²) >= 11 is 1.77. The minimum atomic E-state index is -0.506. The Labute approximate surface area is 265 Å². The Morgan fingerprint density at radius 3 is 2.34 bits per heavy atom. The summed E-state index contributed by atoms with van der Waals surface area (Å²) in [6.45, 7) is 15.3. The molecule has 3 saturated heterocycles. The molecule has 4 fully saturated rings. The van der Waals surface area contributed by atoms with Crippen LogP contribution in [0.1, 0.15) is 61.1 Å². The molecule has 1 saturated carbocycles. The van der Waals surface area contributed by atoms with Crippen LogP contribution >= 0.6 is 11.3 Å². The molecule has 7 nitrogen and oxygen atoms in total. The molecule has 1 aliphatic carbocycles. The van der Waals surface area contributed by atoms with Crippen molar-refractivity contribution in [1.29, 1.82) is 0 Å². The zero-order chi connectivity index (χ0) is 30.6. The number of rotatable bonds is 8. The fourth-order valence-electron chi connectivity index (χ4n) is 8.46. The summed E-state index contributed by atoms with van der Waals surface area (Å²) in [5.74, 6) is 1.51. The van der Waals surface area contributed by atoms with Gasteiger partial charge in [-0.1, -0.05) is 17.2 Å². The van der Waals surface area contributed by atoms with E-state index in [0.29, 0.717) is 36.9 Å². The van der Waals surface area contributed by atoms with Gasteiger partial charge in [-0.05, 0) is 115 Å². The normalized spacial score (nSPS) is 24.9. The number of benzene rings is 1. The summed E-state index contributed by atoms with van der Waals surface area (Å²) < 4.78 is 5.45. The Morgan fingerprint density at radius 2 is 1.70 bits per heavy atom. The summed E-state index contributed by atoms with van der Waals surface area (Å²) in [6, 6.07) is 9.48. The number of aryl methyl sites for hydroxylation is 2. The third-order valence-corrected chi connectivity index (χ3v) is 12.4. The third-order valence-electron chi connectivity index (χ3n) is 11.0. The first-order chi connectivity index (χ1) is 21.2. The van der Waals surface area contributed by atoms with Gasteiger partial charge in [-0.15, -0.1) is 11.3 Å². The molecule has 3 aliphatic heterocycles. The fourth-order valence-corrected chi connectivity index (χ4v) is 9.65. The minimum absolute atomic E-state index is 0.138. The van der Waals surface area contributed by atoms with Crippen LogP contribution in [0.25, 0.3) is 21.5 Å². The van der Waals surface area contributed by atoms with E-state index in [-0.39, 0.29) is 11.8 Å². The number of morpholine rings is 1. The number of likely N-dealkylation sites (tertiary alicyclic amines) is 1. The number of carbonyl (C=O) groups is 2. The van der Waals surface area contributed by atoms with E-state index in [0.717, 1.165) is 65.0 Å². The molecule has 3 unspecified atom stereocenters. The van der Waals surface area contributed by atoms with Gasteiger partial charge in [0, 0.05) is 47.8 Å². The predicted octanol–water partition coefficient (Wildman–Crippen LogP) is 5.47. The van der Waals surface area contributed by atoms with Crippen LogP contribution in [0.2, 0.25) is 0 Å². The van der Waals surface area contributed by atoms with Crippen LogP contribution in [0.15, 0.2) is 24.3 Å². The smallest absolute Gasteiger partial charge is 0.225 e. The number of piperidine rings is 2. The highest BCUT2D eigenvalue weighted by Crippen LogP contribution is 2.45. The first-order valence-electron chi connectivity index (χ1n) is 16.8. The van der Waals surface area contributed by atoms with E-state index >= 15 is 0 Å². The van der Waals surface area contributed by atoms with Gasteiger partial charge in [0.1, 0.15) is 10.6 Å². The maximum Gasteiger partial charge on any atom is 0.225 e. The molecular weight excluding hydrogens is 568 g/mol. The summed E-state index contributed by atoms with van der Waals surface area (Å²) in [6.07, 6.45) is 5.10. The van der Waals surface area contributed by atoms with E-state index in [4.69, 9.17) is 4.74 Å². The number of hydrogen-bond acceptors (Lipinski definition) is 6. The number of thiophene rings is 1. The molecule has 1 amide bonds. The number of ketones is 1. The Hall–Kier alpha value is -2.52. The first kappa shape index (κ1) is 30.2. The van der Waals surface area contributed by atoms with Crippen molar-refractivity contribution in [2.24, 2.45) is 17.8 Å². The Kier molecular flexibility index (Phi) is 8.23. The van der Waals surface area contributed by atoms with E-state index in [1.165, 1.54) is 49.5 Å². The number of nitrogens with one attached hydrogen (secondary N) is 2. The van der Waals surface area contributed by atoms with Gasteiger partial charge in [0.25, 0.3) is 0 Å². The number of aromatic nitrogens is 1. The van der Waals surface area contributed by atoms with E-state index in [1.807, 2.05) is 4.90 Å². The molecule has 2 bridgehead atoms. The molecule has 7 rings (SSSR count). The van der Waals surface area contributed by atoms with E-state index in [9.17, 15) is 9.59 Å². The Bertz CT molecular complexity index is 1500. The molecule has 4 aliphatic rings. The average Bonchev–Trinajstić information content (AvgIpc) is 3.80. The SMILES string of the molecule is Cc1cc(C)cc(-c2[nH]c3sc(C(C)(C)C(=O)C4C5CCC4NC5)cc3c2CCN2CCC(C(=O)N3CCOCC3)CC2)c1. The van der Waals surface area contributed by atoms with Gasteiger partial charge in [-0.25, -0.2) is 0 Å². The molecule has 236 valence electrons. The number of amides is 1. The number of H-pyrrole nitrogens is 1. The van der Waals surface area contributed by atoms with E-state index in [2.05, 4.69) is 67.2 Å². The van der Waals surface area contributed by atoms with Gasteiger partial charge in [0.15, 0.2) is 0 Å². The summed E-state index contributed by atoms with van der Waals surface area (Å²) in [5, 5.41) is 4.86. The molecule has 2 N–H and O–H groups in total. The number of Topliss-reactive ketones (excluding diaryl/α,β-unsaturated/α-hetero) is 1. The lowest BCUT2D eigenvalue weighted by atomic mass is 9.76. The highest BCUT2D eigenvalue weighted by atomic mass is 32.1. The van der Waals surface area contributed by atoms with Crippen LogP contribution in [-0.2, 0) is 26.2 Å². The molecule has 1 aromatic carbocycles. The first-order valence-corrected chi connectivity index (χ1v) is 17.6. The molecule has 44 heavy (non-hydrogen) atoms. The summed E-state index contributed by atoms with van der Waals surface area (Å²) in [4.78, 5) is 37.8. The van der Waals surface area contributed by atoms with Crippen molar-refractivity contribution in [3.8, 4) is 11.3 Å². The van der Waals surface area contributed by atoms with Gasteiger partial charge >= 0.3 is 0 Å². The van der Waals surface area contributed by atoms with Crippen molar-refractivity contribution >= 4 is 33.2 Å². The monoisotopic (exact) mass is 616 g/mol. The lowest BCUT2D eigenvalue weighted by Gasteiger charge is -2.35. The van der Waals surface area contributed by atoms with Crippen molar-refractivity contribution < 1.29 is 14.3 Å². The number of carbonyl (C=O) groups excluding carboxylic acids is 2. The Balaban J connectivity index is 1.12. The van der Waals surface area contributed by atoms with Crippen molar-refractivity contribution in [3.63, 3.8) is 0 Å². The standard InChI is InChI=1S/C36H48N4O3S/c1-22-17-23(2)19-26(18-22)32-27(9-12-39-10-7-24(8-11-39)35(42)40-13-15-43-16-14-40)28-20-30(44-34(28)38-32)36(3,4)33(41)31-25-5-6-29(31)37-21-25/h17-20,24-25,29,31,37-38H,5-16,21H2,1-4H3. The lowest BCUT2D eigenvalue weighted by Crippen LogP contribution is -2.47. The van der Waals surface area contributed by atoms with E-state index < -0.39 is 5.41 Å². The molecule has 8 heteroatoms. The van der Waals surface area contributed by atoms with Crippen LogP contribution in [0, 0.1) is 31.6 Å². The zero-order valence-electron chi connectivity index (χ0n) is 26.8. The van der Waals surface area contributed by atoms with Crippen LogP contribution in [0.5, 0.6) is 0 Å². The number of nitrogens with zero attached hydrogens (tertiary/aromatic N) is 2.